The standard InChI is InChI=1S/C8H11/c1-7-5-3-4-6-8(7)2/h3-5H,6H2,1-2H3/q+1. The van der Waals surface area contributed by atoms with Crippen molar-refractivity contribution in [1.29, 1.82) is 0 Å². The Hall–Kier alpha value is -0.650. The van der Waals surface area contributed by atoms with E-state index >= 15 is 0 Å². The Balaban J connectivity index is 2.67. The summed E-state index contributed by atoms with van der Waals surface area (Å²) in [7, 11) is 0. The van der Waals surface area contributed by atoms with Crippen molar-refractivity contribution in [3.05, 3.63) is 29.7 Å². The number of allylic oxidation sites excluding steroid dienone is 4. The molecule has 0 fully saturated rings. The van der Waals surface area contributed by atoms with E-state index in [9.17, 15) is 0 Å². The van der Waals surface area contributed by atoms with Gasteiger partial charge in [0.2, 0.25) is 0 Å². The second-order valence-corrected chi connectivity index (χ2v) is 2.26. The van der Waals surface area contributed by atoms with Gasteiger partial charge in [-0.2, -0.15) is 0 Å². The highest BCUT2D eigenvalue weighted by atomic mass is 14.0. The molecule has 0 saturated carbocycles. The van der Waals surface area contributed by atoms with Gasteiger partial charge in [0.1, 0.15) is 0 Å². The Kier molecular flexibility index (Phi) is 1.43. The van der Waals surface area contributed by atoms with Crippen molar-refractivity contribution in [3.8, 4) is 0 Å². The molecule has 0 aliphatic heterocycles. The fourth-order valence-electron chi connectivity index (χ4n) is 0.760. The molecule has 8 heavy (non-hydrogen) atoms. The van der Waals surface area contributed by atoms with Gasteiger partial charge in [-0.1, -0.05) is 0 Å². The molecule has 0 aromatic rings. The van der Waals surface area contributed by atoms with E-state index in [1.54, 1.807) is 0 Å². The van der Waals surface area contributed by atoms with Crippen LogP contribution in [-0.4, -0.2) is 0 Å². The molecule has 0 spiro atoms. The van der Waals surface area contributed by atoms with Crippen LogP contribution in [0.15, 0.2) is 23.3 Å². The average Bonchev–Trinajstić information content (AvgIpc) is 1.77. The molecule has 1 aliphatic carbocycles. The summed E-state index contributed by atoms with van der Waals surface area (Å²) in [6, 6.07) is 0. The van der Waals surface area contributed by atoms with E-state index in [2.05, 4.69) is 32.4 Å². The maximum atomic E-state index is 2.18. The molecule has 0 saturated heterocycles. The van der Waals surface area contributed by atoms with E-state index in [1.165, 1.54) is 11.1 Å². The summed E-state index contributed by atoms with van der Waals surface area (Å²) in [6.45, 7) is 4.33. The molecule has 0 amide bonds. The zero-order chi connectivity index (χ0) is 5.98. The largest absolute Gasteiger partial charge is 0.0748 e. The first-order valence-corrected chi connectivity index (χ1v) is 2.97. The predicted molar refractivity (Wildman–Crippen MR) is 36.4 cm³/mol. The van der Waals surface area contributed by atoms with Gasteiger partial charge in [0.25, 0.3) is 0 Å². The summed E-state index contributed by atoms with van der Waals surface area (Å²) in [6.07, 6.45) is 7.59. The lowest BCUT2D eigenvalue weighted by Crippen LogP contribution is -1.87. The maximum absolute atomic E-state index is 2.18. The Bertz CT molecular complexity index is 122. The van der Waals surface area contributed by atoms with E-state index in [0.29, 0.717) is 0 Å². The van der Waals surface area contributed by atoms with Gasteiger partial charge in [-0.3, -0.25) is 0 Å². The van der Waals surface area contributed by atoms with Crippen molar-refractivity contribution >= 4 is 0 Å². The second kappa shape index (κ2) is 2.08. The van der Waals surface area contributed by atoms with E-state index in [0.717, 1.165) is 6.42 Å². The highest BCUT2D eigenvalue weighted by Gasteiger charge is 2.05. The zero-order valence-corrected chi connectivity index (χ0v) is 5.44. The zero-order valence-electron chi connectivity index (χ0n) is 5.44. The molecule has 0 nitrogen and oxygen atoms in total. The third kappa shape index (κ3) is 0.945. The third-order valence-corrected chi connectivity index (χ3v) is 1.58. The minimum atomic E-state index is 1.14. The molecule has 0 unspecified atom stereocenters. The lowest BCUT2D eigenvalue weighted by molar-refractivity contribution is 1.12. The number of hydrogen-bond donors (Lipinski definition) is 0. The van der Waals surface area contributed by atoms with Crippen LogP contribution >= 0.6 is 0 Å². The van der Waals surface area contributed by atoms with Crippen molar-refractivity contribution in [1.82, 2.24) is 0 Å². The molecule has 0 heteroatoms. The molecular formula is C8H11+. The minimum Gasteiger partial charge on any atom is -0.0145 e. The third-order valence-electron chi connectivity index (χ3n) is 1.58. The van der Waals surface area contributed by atoms with Gasteiger partial charge in [-0.25, -0.2) is 0 Å². The number of hydrogen-bond acceptors (Lipinski definition) is 0. The van der Waals surface area contributed by atoms with E-state index in [-0.39, 0.29) is 0 Å². The van der Waals surface area contributed by atoms with Gasteiger partial charge in [0, 0.05) is 31.1 Å². The van der Waals surface area contributed by atoms with Crippen molar-refractivity contribution in [3.63, 3.8) is 0 Å². The van der Waals surface area contributed by atoms with Crippen LogP contribution in [0.1, 0.15) is 20.3 Å². The molecule has 42 valence electrons. The van der Waals surface area contributed by atoms with Crippen molar-refractivity contribution < 1.29 is 0 Å². The fourth-order valence-corrected chi connectivity index (χ4v) is 0.760. The Morgan fingerprint density at radius 2 is 2.25 bits per heavy atom. The summed E-state index contributed by atoms with van der Waals surface area (Å²) in [5.41, 5.74) is 2.92. The van der Waals surface area contributed by atoms with E-state index < -0.39 is 0 Å². The average molecular weight is 107 g/mol. The lowest BCUT2D eigenvalue weighted by atomic mass is 10.0. The molecule has 0 N–H and O–H groups in total. The van der Waals surface area contributed by atoms with Gasteiger partial charge in [0.15, 0.2) is 0 Å². The first-order chi connectivity index (χ1) is 3.80. The van der Waals surface area contributed by atoms with Crippen LogP contribution in [0.25, 0.3) is 0 Å². The highest BCUT2D eigenvalue weighted by Crippen LogP contribution is 2.16. The summed E-state index contributed by atoms with van der Waals surface area (Å²) >= 11 is 0. The molecule has 0 heterocycles. The van der Waals surface area contributed by atoms with Crippen LogP contribution in [0.2, 0.25) is 0 Å². The first kappa shape index (κ1) is 5.49. The molecule has 0 atom stereocenters. The van der Waals surface area contributed by atoms with Crippen LogP contribution < -0.4 is 0 Å². The summed E-state index contributed by atoms with van der Waals surface area (Å²) in [4.78, 5) is 0. The monoisotopic (exact) mass is 107 g/mol. The van der Waals surface area contributed by atoms with Gasteiger partial charge in [0.05, 0.1) is 12.0 Å². The van der Waals surface area contributed by atoms with Crippen LogP contribution in [-0.2, 0) is 0 Å². The van der Waals surface area contributed by atoms with Crippen molar-refractivity contribution in [2.45, 2.75) is 20.3 Å². The highest BCUT2D eigenvalue weighted by molar-refractivity contribution is 5.30. The molecule has 1 aliphatic rings. The summed E-state index contributed by atoms with van der Waals surface area (Å²) in [5.74, 6) is 0. The molecule has 0 aromatic carbocycles. The molecule has 0 bridgehead atoms. The van der Waals surface area contributed by atoms with Gasteiger partial charge in [-0.15, -0.1) is 0 Å². The molecular weight excluding hydrogens is 96.1 g/mol. The molecule has 0 aromatic heterocycles. The van der Waals surface area contributed by atoms with Crippen LogP contribution in [0.4, 0.5) is 0 Å². The molecule has 0 radical (unpaired) electrons. The molecule has 1 rings (SSSR count). The quantitative estimate of drug-likeness (QED) is 0.417. The predicted octanol–water partition coefficient (Wildman–Crippen LogP) is 2.49. The summed E-state index contributed by atoms with van der Waals surface area (Å²) < 4.78 is 0. The Labute approximate surface area is 50.9 Å². The first-order valence-electron chi connectivity index (χ1n) is 2.97. The van der Waals surface area contributed by atoms with Gasteiger partial charge < -0.3 is 0 Å². The van der Waals surface area contributed by atoms with Gasteiger partial charge >= 0.3 is 0 Å². The summed E-state index contributed by atoms with van der Waals surface area (Å²) in [5, 5.41) is 0. The lowest BCUT2D eigenvalue weighted by Gasteiger charge is -1.97. The minimum absolute atomic E-state index is 1.14. The normalized spacial score (nSPS) is 18.8. The Morgan fingerprint density at radius 3 is 2.62 bits per heavy atom. The van der Waals surface area contributed by atoms with Crippen molar-refractivity contribution in [2.24, 2.45) is 0 Å². The van der Waals surface area contributed by atoms with E-state index in [4.69, 9.17) is 0 Å². The smallest absolute Gasteiger partial charge is 0.0145 e. The van der Waals surface area contributed by atoms with Gasteiger partial charge in [-0.05, 0) is 6.92 Å². The van der Waals surface area contributed by atoms with Crippen molar-refractivity contribution in [2.75, 3.05) is 0 Å². The maximum Gasteiger partial charge on any atom is 0.0748 e. The number of rotatable bonds is 0. The SMILES string of the molecule is CC1=C(C)CC=C[CH+]1. The second-order valence-electron chi connectivity index (χ2n) is 2.26. The van der Waals surface area contributed by atoms with Crippen LogP contribution in [0, 0.1) is 6.42 Å². The fraction of sp³-hybridized carbons (Fsp3) is 0.375. The van der Waals surface area contributed by atoms with Crippen LogP contribution in [0.3, 0.4) is 0 Å². The Morgan fingerprint density at radius 1 is 1.50 bits per heavy atom. The van der Waals surface area contributed by atoms with Crippen LogP contribution in [0.5, 0.6) is 0 Å². The topological polar surface area (TPSA) is 0 Å². The van der Waals surface area contributed by atoms with E-state index in [1.807, 2.05) is 0 Å².